The lowest BCUT2D eigenvalue weighted by Crippen LogP contribution is -2.28. The van der Waals surface area contributed by atoms with E-state index < -0.39 is 27.7 Å². The molecule has 0 fully saturated rings. The van der Waals surface area contributed by atoms with E-state index in [1.54, 1.807) is 0 Å². The fraction of sp³-hybridized carbons (Fsp3) is 0.235. The van der Waals surface area contributed by atoms with E-state index in [0.29, 0.717) is 0 Å². The fourth-order valence-corrected chi connectivity index (χ4v) is 2.93. The Morgan fingerprint density at radius 3 is 2.18 bits per heavy atom. The third-order valence-electron chi connectivity index (χ3n) is 3.46. The average Bonchev–Trinajstić information content (AvgIpc) is 2.65. The van der Waals surface area contributed by atoms with Crippen molar-refractivity contribution >= 4 is 15.9 Å². The van der Waals surface area contributed by atoms with Gasteiger partial charge in [-0.1, -0.05) is 4.89 Å². The molecule has 0 unspecified atom stereocenters. The van der Waals surface area contributed by atoms with Crippen molar-refractivity contribution in [2.24, 2.45) is 0 Å². The first kappa shape index (κ1) is 21.7. The van der Waals surface area contributed by atoms with Crippen LogP contribution in [0.15, 0.2) is 53.4 Å². The molecule has 0 bridgehead atoms. The monoisotopic (exact) mass is 418 g/mol. The summed E-state index contributed by atoms with van der Waals surface area (Å²) >= 11 is 0. The summed E-state index contributed by atoms with van der Waals surface area (Å²) in [5.41, 5.74) is -0.551. The van der Waals surface area contributed by atoms with Crippen LogP contribution in [0.1, 0.15) is 15.9 Å². The van der Waals surface area contributed by atoms with E-state index in [4.69, 9.17) is 4.74 Å². The van der Waals surface area contributed by atoms with E-state index >= 15 is 0 Å². The first-order valence-electron chi connectivity index (χ1n) is 7.86. The van der Waals surface area contributed by atoms with E-state index in [0.717, 1.165) is 19.2 Å². The maximum Gasteiger partial charge on any atom is 0.416 e. The minimum Gasteiger partial charge on any atom is -0.492 e. The Kier molecular flexibility index (Phi) is 7.00. The lowest BCUT2D eigenvalue weighted by atomic mass is 10.2. The summed E-state index contributed by atoms with van der Waals surface area (Å²) in [5.74, 6) is -0.220. The smallest absolute Gasteiger partial charge is 0.416 e. The van der Waals surface area contributed by atoms with Gasteiger partial charge in [-0.05, 0) is 48.5 Å². The normalized spacial score (nSPS) is 11.9. The lowest BCUT2D eigenvalue weighted by Gasteiger charge is -2.10. The van der Waals surface area contributed by atoms with Crippen LogP contribution in [-0.4, -0.2) is 34.6 Å². The molecule has 1 amide bonds. The van der Waals surface area contributed by atoms with Crippen molar-refractivity contribution in [1.29, 1.82) is 0 Å². The zero-order valence-corrected chi connectivity index (χ0v) is 15.4. The number of carbonyl (C=O) groups is 1. The number of sulfonamides is 1. The van der Waals surface area contributed by atoms with Crippen molar-refractivity contribution in [2.75, 3.05) is 20.3 Å². The number of hydrogen-bond acceptors (Lipinski definition) is 5. The van der Waals surface area contributed by atoms with Crippen LogP contribution >= 0.6 is 0 Å². The van der Waals surface area contributed by atoms with Crippen LogP contribution < -0.4 is 14.9 Å². The molecule has 0 atom stereocenters. The first-order valence-corrected chi connectivity index (χ1v) is 9.35. The molecule has 0 heterocycles. The molecule has 0 aliphatic rings. The van der Waals surface area contributed by atoms with Gasteiger partial charge >= 0.3 is 6.18 Å². The molecule has 0 radical (unpaired) electrons. The molecule has 28 heavy (non-hydrogen) atoms. The Morgan fingerprint density at radius 2 is 1.64 bits per heavy atom. The molecule has 2 aromatic rings. The van der Waals surface area contributed by atoms with Crippen molar-refractivity contribution in [3.05, 3.63) is 59.7 Å². The second-order valence-electron chi connectivity index (χ2n) is 5.44. The van der Waals surface area contributed by atoms with Gasteiger partial charge in [-0.3, -0.25) is 9.63 Å². The van der Waals surface area contributed by atoms with Crippen molar-refractivity contribution in [2.45, 2.75) is 11.1 Å². The molecule has 2 N–H and O–H groups in total. The van der Waals surface area contributed by atoms with E-state index in [1.165, 1.54) is 36.4 Å². The maximum absolute atomic E-state index is 12.5. The topological polar surface area (TPSA) is 93.7 Å². The van der Waals surface area contributed by atoms with Gasteiger partial charge in [-0.25, -0.2) is 8.42 Å². The van der Waals surface area contributed by atoms with Gasteiger partial charge < -0.3 is 10.1 Å². The summed E-state index contributed by atoms with van der Waals surface area (Å²) in [7, 11) is -2.65. The van der Waals surface area contributed by atoms with Gasteiger partial charge in [0.1, 0.15) is 12.4 Å². The molecule has 7 nitrogen and oxygen atoms in total. The van der Waals surface area contributed by atoms with Crippen LogP contribution in [-0.2, 0) is 21.0 Å². The summed E-state index contributed by atoms with van der Waals surface area (Å²) in [6, 6.07) is 9.34. The summed E-state index contributed by atoms with van der Waals surface area (Å²) < 4.78 is 66.1. The molecule has 0 saturated heterocycles. The van der Waals surface area contributed by atoms with Crippen molar-refractivity contribution < 1.29 is 36.0 Å². The molecular formula is C17H17F3N2O5S. The first-order chi connectivity index (χ1) is 13.1. The van der Waals surface area contributed by atoms with Crippen molar-refractivity contribution in [1.82, 2.24) is 10.2 Å². The third-order valence-corrected chi connectivity index (χ3v) is 4.74. The number of benzene rings is 2. The highest BCUT2D eigenvalue weighted by atomic mass is 32.2. The number of halogens is 3. The Bertz CT molecular complexity index is 898. The maximum atomic E-state index is 12.5. The van der Waals surface area contributed by atoms with E-state index in [2.05, 4.69) is 10.2 Å². The van der Waals surface area contributed by atoms with Gasteiger partial charge in [0, 0.05) is 5.56 Å². The molecule has 0 aliphatic carbocycles. The molecular weight excluding hydrogens is 401 g/mol. The molecule has 0 aromatic heterocycles. The van der Waals surface area contributed by atoms with E-state index in [9.17, 15) is 26.4 Å². The highest BCUT2D eigenvalue weighted by Gasteiger charge is 2.30. The van der Waals surface area contributed by atoms with Gasteiger partial charge in [-0.15, -0.1) is 0 Å². The van der Waals surface area contributed by atoms with Gasteiger partial charge in [0.25, 0.3) is 15.9 Å². The molecule has 0 aliphatic heterocycles. The van der Waals surface area contributed by atoms with Crippen LogP contribution in [0.2, 0.25) is 0 Å². The summed E-state index contributed by atoms with van der Waals surface area (Å²) in [4.78, 5) is 18.2. The van der Waals surface area contributed by atoms with Crippen LogP contribution in [0, 0.1) is 0 Å². The van der Waals surface area contributed by atoms with Crippen LogP contribution in [0.25, 0.3) is 0 Å². The van der Waals surface area contributed by atoms with Crippen LogP contribution in [0.3, 0.4) is 0 Å². The second kappa shape index (κ2) is 9.04. The minimum absolute atomic E-state index is 0.0430. The SMILES string of the molecule is CONS(=O)(=O)c1ccc(C(=O)NCCOc2ccc(C(F)(F)F)cc2)cc1. The molecule has 2 rings (SSSR count). The Morgan fingerprint density at radius 1 is 1.04 bits per heavy atom. The fourth-order valence-electron chi connectivity index (χ4n) is 2.12. The van der Waals surface area contributed by atoms with Crippen molar-refractivity contribution in [3.8, 4) is 5.75 Å². The second-order valence-corrected chi connectivity index (χ2v) is 7.09. The number of amides is 1. The summed E-state index contributed by atoms with van der Waals surface area (Å²) in [6.45, 7) is 0.145. The summed E-state index contributed by atoms with van der Waals surface area (Å²) in [6.07, 6.45) is -4.42. The number of hydrogen-bond donors (Lipinski definition) is 2. The van der Waals surface area contributed by atoms with E-state index in [1.807, 2.05) is 4.89 Å². The number of rotatable bonds is 8. The van der Waals surface area contributed by atoms with Gasteiger partial charge in [0.05, 0.1) is 24.1 Å². The lowest BCUT2D eigenvalue weighted by molar-refractivity contribution is -0.137. The molecule has 152 valence electrons. The Balaban J connectivity index is 1.82. The zero-order chi connectivity index (χ0) is 20.8. The number of carbonyl (C=O) groups excluding carboxylic acids is 1. The standard InChI is InChI=1S/C17H17F3N2O5S/c1-26-22-28(24,25)15-8-2-12(3-9-15)16(23)21-10-11-27-14-6-4-13(5-7-14)17(18,19)20/h2-9,22H,10-11H2,1H3,(H,21,23). The number of nitrogens with one attached hydrogen (secondary N) is 2. The quantitative estimate of drug-likeness (QED) is 0.507. The molecule has 11 heteroatoms. The van der Waals surface area contributed by atoms with Gasteiger partial charge in [0.2, 0.25) is 0 Å². The Hall–Kier alpha value is -2.63. The largest absolute Gasteiger partial charge is 0.492 e. The van der Waals surface area contributed by atoms with Gasteiger partial charge in [0.15, 0.2) is 0 Å². The summed E-state index contributed by atoms with van der Waals surface area (Å²) in [5, 5.41) is 2.55. The average molecular weight is 418 g/mol. The minimum atomic E-state index is -4.42. The highest BCUT2D eigenvalue weighted by Crippen LogP contribution is 2.30. The Labute approximate surface area is 159 Å². The molecule has 0 spiro atoms. The van der Waals surface area contributed by atoms with E-state index in [-0.39, 0.29) is 29.4 Å². The highest BCUT2D eigenvalue weighted by molar-refractivity contribution is 7.89. The third kappa shape index (κ3) is 5.94. The van der Waals surface area contributed by atoms with Crippen LogP contribution in [0.5, 0.6) is 5.75 Å². The zero-order valence-electron chi connectivity index (χ0n) is 14.6. The number of ether oxygens (including phenoxy) is 1. The number of alkyl halides is 3. The van der Waals surface area contributed by atoms with Crippen LogP contribution in [0.4, 0.5) is 13.2 Å². The van der Waals surface area contributed by atoms with Crippen molar-refractivity contribution in [3.63, 3.8) is 0 Å². The molecule has 2 aromatic carbocycles. The predicted molar refractivity (Wildman–Crippen MR) is 93.0 cm³/mol. The van der Waals surface area contributed by atoms with Gasteiger partial charge in [-0.2, -0.15) is 13.2 Å². The predicted octanol–water partition coefficient (Wildman–Crippen LogP) is 2.35. The molecule has 0 saturated carbocycles.